The average Bonchev–Trinajstić information content (AvgIpc) is 2.74. The van der Waals surface area contributed by atoms with Crippen LogP contribution >= 0.6 is 11.3 Å². The molecule has 0 radical (unpaired) electrons. The molecule has 6 nitrogen and oxygen atoms in total. The van der Waals surface area contributed by atoms with Gasteiger partial charge in [0.1, 0.15) is 11.6 Å². The second-order valence-corrected chi connectivity index (χ2v) is 4.54. The first-order chi connectivity index (χ1) is 7.08. The van der Waals surface area contributed by atoms with Gasteiger partial charge < -0.3 is 9.80 Å². The summed E-state index contributed by atoms with van der Waals surface area (Å²) in [5.41, 5.74) is 0. The van der Waals surface area contributed by atoms with Gasteiger partial charge in [-0.1, -0.05) is 11.3 Å². The average molecular weight is 226 g/mol. The highest BCUT2D eigenvalue weighted by molar-refractivity contribution is 7.13. The minimum Gasteiger partial charge on any atom is -0.326 e. The maximum Gasteiger partial charge on any atom is 0.286 e. The number of hydrogen-bond acceptors (Lipinski definition) is 5. The van der Waals surface area contributed by atoms with Crippen LogP contribution in [0.3, 0.4) is 0 Å². The van der Waals surface area contributed by atoms with Gasteiger partial charge in [0.05, 0.1) is 6.67 Å². The van der Waals surface area contributed by atoms with Crippen LogP contribution in [0.5, 0.6) is 0 Å². The van der Waals surface area contributed by atoms with Crippen molar-refractivity contribution in [2.75, 3.05) is 20.3 Å². The Kier molecular flexibility index (Phi) is 2.39. The van der Waals surface area contributed by atoms with Crippen LogP contribution < -0.4 is 0 Å². The van der Waals surface area contributed by atoms with Crippen LogP contribution in [0.1, 0.15) is 14.8 Å². The topological polar surface area (TPSA) is 66.4 Å². The summed E-state index contributed by atoms with van der Waals surface area (Å²) in [6.07, 6.45) is 0. The van der Waals surface area contributed by atoms with Crippen molar-refractivity contribution in [3.63, 3.8) is 0 Å². The normalized spacial score (nSPS) is 16.3. The summed E-state index contributed by atoms with van der Waals surface area (Å²) >= 11 is 1.24. The Morgan fingerprint density at radius 1 is 1.47 bits per heavy atom. The van der Waals surface area contributed by atoms with Crippen molar-refractivity contribution < 1.29 is 9.59 Å². The summed E-state index contributed by atoms with van der Waals surface area (Å²) in [6.45, 7) is 2.25. The van der Waals surface area contributed by atoms with Crippen molar-refractivity contribution >= 4 is 23.2 Å². The molecular weight excluding hydrogens is 216 g/mol. The molecule has 1 aromatic rings. The summed E-state index contributed by atoms with van der Waals surface area (Å²) in [5, 5.41) is 8.62. The number of rotatable bonds is 1. The molecule has 0 bridgehead atoms. The summed E-state index contributed by atoms with van der Waals surface area (Å²) in [5.74, 6) is -0.275. The number of amides is 2. The molecular formula is C8H10N4O2S. The first-order valence-corrected chi connectivity index (χ1v) is 5.23. The minimum absolute atomic E-state index is 0.0513. The Morgan fingerprint density at radius 2 is 2.20 bits per heavy atom. The van der Waals surface area contributed by atoms with Gasteiger partial charge in [-0.05, 0) is 6.92 Å². The first kappa shape index (κ1) is 10.0. The summed E-state index contributed by atoms with van der Waals surface area (Å²) in [7, 11) is 1.67. The third-order valence-electron chi connectivity index (χ3n) is 2.13. The van der Waals surface area contributed by atoms with Crippen LogP contribution in [0, 0.1) is 6.92 Å². The number of aromatic nitrogens is 2. The Hall–Kier alpha value is -1.50. The maximum atomic E-state index is 11.8. The maximum absolute atomic E-state index is 11.8. The lowest BCUT2D eigenvalue weighted by Gasteiger charge is -2.12. The molecule has 15 heavy (non-hydrogen) atoms. The number of aryl methyl sites for hydroxylation is 1. The molecule has 1 aromatic heterocycles. The lowest BCUT2D eigenvalue weighted by molar-refractivity contribution is -0.125. The summed E-state index contributed by atoms with van der Waals surface area (Å²) in [6, 6.07) is 0. The van der Waals surface area contributed by atoms with Crippen molar-refractivity contribution in [3.8, 4) is 0 Å². The molecule has 2 heterocycles. The number of hydrogen-bond donors (Lipinski definition) is 0. The van der Waals surface area contributed by atoms with Gasteiger partial charge in [0.25, 0.3) is 5.91 Å². The third kappa shape index (κ3) is 1.82. The monoisotopic (exact) mass is 226 g/mol. The van der Waals surface area contributed by atoms with Crippen LogP contribution in [0.25, 0.3) is 0 Å². The molecule has 2 amide bonds. The molecule has 1 fully saturated rings. The van der Waals surface area contributed by atoms with Crippen molar-refractivity contribution in [1.82, 2.24) is 20.0 Å². The van der Waals surface area contributed by atoms with Gasteiger partial charge in [-0.15, -0.1) is 10.2 Å². The summed E-state index contributed by atoms with van der Waals surface area (Å²) < 4.78 is 0. The van der Waals surface area contributed by atoms with E-state index in [0.717, 1.165) is 5.01 Å². The lowest BCUT2D eigenvalue weighted by atomic mass is 10.5. The highest BCUT2D eigenvalue weighted by Gasteiger charge is 2.30. The highest BCUT2D eigenvalue weighted by Crippen LogP contribution is 2.13. The number of carbonyl (C=O) groups is 2. The SMILES string of the molecule is Cc1nnc(C(=O)N2CC(=O)N(C)C2)s1. The van der Waals surface area contributed by atoms with Crippen LogP contribution in [0.4, 0.5) is 0 Å². The molecule has 0 unspecified atom stereocenters. The Bertz CT molecular complexity index is 417. The molecule has 80 valence electrons. The predicted octanol–water partition coefficient (Wildman–Crippen LogP) is -0.282. The standard InChI is InChI=1S/C8H10N4O2S/c1-5-9-10-7(15-5)8(14)12-3-6(13)11(2)4-12/h3-4H2,1-2H3. The highest BCUT2D eigenvalue weighted by atomic mass is 32.1. The van der Waals surface area contributed by atoms with Crippen molar-refractivity contribution in [3.05, 3.63) is 10.0 Å². The fourth-order valence-electron chi connectivity index (χ4n) is 1.32. The van der Waals surface area contributed by atoms with Gasteiger partial charge >= 0.3 is 0 Å². The van der Waals surface area contributed by atoms with Gasteiger partial charge in [-0.25, -0.2) is 0 Å². The molecule has 0 spiro atoms. The molecule has 2 rings (SSSR count). The summed E-state index contributed by atoms with van der Waals surface area (Å²) in [4.78, 5) is 26.0. The molecule has 0 N–H and O–H groups in total. The predicted molar refractivity (Wildman–Crippen MR) is 53.3 cm³/mol. The van der Waals surface area contributed by atoms with E-state index in [0.29, 0.717) is 11.7 Å². The van der Waals surface area contributed by atoms with E-state index in [-0.39, 0.29) is 18.4 Å². The molecule has 1 aliphatic heterocycles. The van der Waals surface area contributed by atoms with Crippen molar-refractivity contribution in [2.24, 2.45) is 0 Å². The fourth-order valence-corrected chi connectivity index (χ4v) is 1.98. The van der Waals surface area contributed by atoms with Crippen molar-refractivity contribution in [1.29, 1.82) is 0 Å². The van der Waals surface area contributed by atoms with E-state index in [2.05, 4.69) is 10.2 Å². The second-order valence-electron chi connectivity index (χ2n) is 3.36. The van der Waals surface area contributed by atoms with Gasteiger partial charge in [0.15, 0.2) is 0 Å². The lowest BCUT2D eigenvalue weighted by Crippen LogP contribution is -2.30. The smallest absolute Gasteiger partial charge is 0.286 e. The zero-order valence-electron chi connectivity index (χ0n) is 8.43. The van der Waals surface area contributed by atoms with Gasteiger partial charge in [0, 0.05) is 7.05 Å². The van der Waals surface area contributed by atoms with E-state index in [4.69, 9.17) is 0 Å². The van der Waals surface area contributed by atoms with Crippen LogP contribution in [0.15, 0.2) is 0 Å². The third-order valence-corrected chi connectivity index (χ3v) is 2.96. The Balaban J connectivity index is 2.13. The molecule has 0 aliphatic carbocycles. The minimum atomic E-state index is -0.224. The quantitative estimate of drug-likeness (QED) is 0.660. The zero-order valence-corrected chi connectivity index (χ0v) is 9.24. The van der Waals surface area contributed by atoms with Gasteiger partial charge in [-0.3, -0.25) is 9.59 Å². The van der Waals surface area contributed by atoms with Crippen LogP contribution in [-0.4, -0.2) is 52.1 Å². The van der Waals surface area contributed by atoms with Gasteiger partial charge in [0.2, 0.25) is 10.9 Å². The number of likely N-dealkylation sites (N-methyl/N-ethyl adjacent to an activating group) is 1. The van der Waals surface area contributed by atoms with Gasteiger partial charge in [-0.2, -0.15) is 0 Å². The van der Waals surface area contributed by atoms with E-state index in [1.807, 2.05) is 0 Å². The molecule has 1 aliphatic rings. The first-order valence-electron chi connectivity index (χ1n) is 4.41. The van der Waals surface area contributed by atoms with E-state index >= 15 is 0 Å². The Labute approximate surface area is 90.5 Å². The molecule has 7 heteroatoms. The Morgan fingerprint density at radius 3 is 2.67 bits per heavy atom. The largest absolute Gasteiger partial charge is 0.326 e. The van der Waals surface area contributed by atoms with E-state index in [1.54, 1.807) is 14.0 Å². The van der Waals surface area contributed by atoms with E-state index in [1.165, 1.54) is 21.1 Å². The van der Waals surface area contributed by atoms with Crippen LogP contribution in [-0.2, 0) is 4.79 Å². The molecule has 0 aromatic carbocycles. The number of nitrogens with zero attached hydrogens (tertiary/aromatic N) is 4. The molecule has 1 saturated heterocycles. The zero-order chi connectivity index (χ0) is 11.0. The molecule has 0 saturated carbocycles. The van der Waals surface area contributed by atoms with E-state index in [9.17, 15) is 9.59 Å². The number of carbonyl (C=O) groups excluding carboxylic acids is 2. The van der Waals surface area contributed by atoms with Crippen LogP contribution in [0.2, 0.25) is 0 Å². The second kappa shape index (κ2) is 3.58. The van der Waals surface area contributed by atoms with E-state index < -0.39 is 0 Å². The molecule has 0 atom stereocenters. The fraction of sp³-hybridized carbons (Fsp3) is 0.500. The van der Waals surface area contributed by atoms with Crippen molar-refractivity contribution in [2.45, 2.75) is 6.92 Å².